The molecule has 28 heavy (non-hydrogen) atoms. The maximum absolute atomic E-state index is 10.3. The molecule has 1 fully saturated rings. The number of likely N-dealkylation sites (N-methyl/N-ethyl adjacent to an activating group) is 1. The first-order chi connectivity index (χ1) is 13.6. The van der Waals surface area contributed by atoms with Crippen LogP contribution in [-0.4, -0.2) is 62.0 Å². The predicted molar refractivity (Wildman–Crippen MR) is 120 cm³/mol. The first-order valence-corrected chi connectivity index (χ1v) is 10.3. The molecule has 1 aliphatic heterocycles. The Morgan fingerprint density at radius 2 is 1.64 bits per heavy atom. The van der Waals surface area contributed by atoms with Gasteiger partial charge in [-0.3, -0.25) is 4.99 Å². The van der Waals surface area contributed by atoms with Crippen molar-refractivity contribution in [1.29, 1.82) is 0 Å². The van der Waals surface area contributed by atoms with Crippen LogP contribution in [0.2, 0.25) is 0 Å². The van der Waals surface area contributed by atoms with Crippen molar-refractivity contribution < 1.29 is 5.11 Å². The van der Waals surface area contributed by atoms with Crippen molar-refractivity contribution in [3.05, 3.63) is 48.0 Å². The third kappa shape index (κ3) is 4.84. The Kier molecular flexibility index (Phi) is 6.93. The molecule has 0 spiro atoms. The van der Waals surface area contributed by atoms with Gasteiger partial charge < -0.3 is 19.8 Å². The van der Waals surface area contributed by atoms with Gasteiger partial charge in [0, 0.05) is 68.5 Å². The van der Waals surface area contributed by atoms with Crippen molar-refractivity contribution in [2.75, 3.05) is 55.6 Å². The van der Waals surface area contributed by atoms with Crippen LogP contribution in [0.3, 0.4) is 0 Å². The van der Waals surface area contributed by atoms with E-state index in [2.05, 4.69) is 52.6 Å². The topological polar surface area (TPSA) is 42.3 Å². The molecule has 0 atom stereocenters. The molecule has 0 amide bonds. The molecule has 5 nitrogen and oxygen atoms in total. The van der Waals surface area contributed by atoms with Crippen molar-refractivity contribution in [1.82, 2.24) is 4.90 Å². The summed E-state index contributed by atoms with van der Waals surface area (Å²) < 4.78 is 0. The van der Waals surface area contributed by atoms with Crippen molar-refractivity contribution in [3.8, 4) is 5.75 Å². The lowest BCUT2D eigenvalue weighted by atomic mass is 10.1. The smallest absolute Gasteiger partial charge is 0.126 e. The van der Waals surface area contributed by atoms with E-state index in [0.29, 0.717) is 0 Å². The zero-order valence-electron chi connectivity index (χ0n) is 17.3. The van der Waals surface area contributed by atoms with Crippen LogP contribution in [0.1, 0.15) is 26.3 Å². The summed E-state index contributed by atoms with van der Waals surface area (Å²) in [6, 6.07) is 14.1. The summed E-state index contributed by atoms with van der Waals surface area (Å²) in [5.41, 5.74) is 3.91. The minimum absolute atomic E-state index is 0.263. The number of nitrogens with zero attached hydrogens (tertiary/aromatic N) is 4. The molecule has 3 rings (SSSR count). The molecule has 0 bridgehead atoms. The highest BCUT2D eigenvalue weighted by atomic mass is 16.3. The summed E-state index contributed by atoms with van der Waals surface area (Å²) in [5, 5.41) is 10.3. The van der Waals surface area contributed by atoms with E-state index in [1.54, 1.807) is 6.21 Å². The Bertz CT molecular complexity index is 776. The second kappa shape index (κ2) is 9.60. The summed E-state index contributed by atoms with van der Waals surface area (Å²) in [5.74, 6) is 0.263. The molecule has 1 heterocycles. The average molecular weight is 381 g/mol. The van der Waals surface area contributed by atoms with Crippen molar-refractivity contribution >= 4 is 23.3 Å². The third-order valence-electron chi connectivity index (χ3n) is 5.53. The Balaban J connectivity index is 1.65. The number of phenols is 1. The summed E-state index contributed by atoms with van der Waals surface area (Å²) in [7, 11) is 0. The van der Waals surface area contributed by atoms with Gasteiger partial charge in [0.2, 0.25) is 0 Å². The molecule has 1 aliphatic rings. The van der Waals surface area contributed by atoms with Gasteiger partial charge in [-0.05, 0) is 56.8 Å². The zero-order valence-corrected chi connectivity index (χ0v) is 17.3. The fraction of sp³-hybridized carbons (Fsp3) is 0.435. The average Bonchev–Trinajstić information content (AvgIpc) is 2.74. The number of aliphatic imine (C=N–C) groups is 1. The molecule has 0 unspecified atom stereocenters. The van der Waals surface area contributed by atoms with Crippen LogP contribution in [0.25, 0.3) is 0 Å². The quantitative estimate of drug-likeness (QED) is 0.734. The number of phenolic OH excluding ortho intramolecular Hbond substituents is 1. The minimum atomic E-state index is 0.263. The number of hydrogen-bond donors (Lipinski definition) is 1. The van der Waals surface area contributed by atoms with E-state index in [-0.39, 0.29) is 5.75 Å². The van der Waals surface area contributed by atoms with Crippen molar-refractivity contribution in [3.63, 3.8) is 0 Å². The number of hydrogen-bond acceptors (Lipinski definition) is 5. The van der Waals surface area contributed by atoms with E-state index < -0.39 is 0 Å². The van der Waals surface area contributed by atoms with Crippen LogP contribution in [0.15, 0.2) is 47.5 Å². The lowest BCUT2D eigenvalue weighted by molar-refractivity contribution is 0.271. The Morgan fingerprint density at radius 3 is 2.21 bits per heavy atom. The molecule has 0 aromatic heterocycles. The van der Waals surface area contributed by atoms with Gasteiger partial charge in [0.15, 0.2) is 0 Å². The highest BCUT2D eigenvalue weighted by molar-refractivity contribution is 5.86. The van der Waals surface area contributed by atoms with Gasteiger partial charge in [0.25, 0.3) is 0 Å². The Hall–Kier alpha value is -2.53. The van der Waals surface area contributed by atoms with Crippen LogP contribution < -0.4 is 9.80 Å². The monoisotopic (exact) mass is 380 g/mol. The van der Waals surface area contributed by atoms with Gasteiger partial charge in [-0.15, -0.1) is 0 Å². The molecule has 1 N–H and O–H groups in total. The van der Waals surface area contributed by atoms with Crippen LogP contribution >= 0.6 is 0 Å². The van der Waals surface area contributed by atoms with Crippen LogP contribution in [0, 0.1) is 0 Å². The van der Waals surface area contributed by atoms with E-state index >= 15 is 0 Å². The van der Waals surface area contributed by atoms with E-state index in [9.17, 15) is 5.11 Å². The van der Waals surface area contributed by atoms with Gasteiger partial charge in [-0.25, -0.2) is 0 Å². The molecule has 5 heteroatoms. The first-order valence-electron chi connectivity index (χ1n) is 10.3. The molecule has 2 aromatic rings. The highest BCUT2D eigenvalue weighted by Gasteiger charge is 2.15. The van der Waals surface area contributed by atoms with Gasteiger partial charge >= 0.3 is 0 Å². The maximum Gasteiger partial charge on any atom is 0.126 e. The number of piperazine rings is 1. The second-order valence-electron chi connectivity index (χ2n) is 7.11. The Labute approximate surface area is 168 Å². The van der Waals surface area contributed by atoms with Gasteiger partial charge in [-0.2, -0.15) is 0 Å². The van der Waals surface area contributed by atoms with Crippen molar-refractivity contribution in [2.24, 2.45) is 4.99 Å². The predicted octanol–water partition coefficient (Wildman–Crippen LogP) is 4.13. The SMILES string of the molecule is CCN1CCN(c2ccc(N=Cc3ccc(N(CC)CC)cc3O)cc2)CC1. The molecule has 1 saturated heterocycles. The summed E-state index contributed by atoms with van der Waals surface area (Å²) in [6.45, 7) is 13.8. The van der Waals surface area contributed by atoms with E-state index in [1.807, 2.05) is 30.3 Å². The van der Waals surface area contributed by atoms with Gasteiger partial charge in [0.05, 0.1) is 5.69 Å². The zero-order chi connectivity index (χ0) is 19.9. The summed E-state index contributed by atoms with van der Waals surface area (Å²) >= 11 is 0. The maximum atomic E-state index is 10.3. The molecule has 2 aromatic carbocycles. The van der Waals surface area contributed by atoms with Crippen LogP contribution in [-0.2, 0) is 0 Å². The van der Waals surface area contributed by atoms with E-state index in [1.165, 1.54) is 5.69 Å². The summed E-state index contributed by atoms with van der Waals surface area (Å²) in [6.07, 6.45) is 1.73. The normalized spacial score (nSPS) is 15.3. The second-order valence-corrected chi connectivity index (χ2v) is 7.11. The minimum Gasteiger partial charge on any atom is -0.507 e. The Morgan fingerprint density at radius 1 is 0.964 bits per heavy atom. The van der Waals surface area contributed by atoms with Gasteiger partial charge in [-0.1, -0.05) is 6.92 Å². The lowest BCUT2D eigenvalue weighted by Crippen LogP contribution is -2.46. The first kappa shape index (κ1) is 20.2. The number of anilines is 2. The van der Waals surface area contributed by atoms with E-state index in [0.717, 1.165) is 62.8 Å². The third-order valence-corrected chi connectivity index (χ3v) is 5.53. The molecule has 0 radical (unpaired) electrons. The van der Waals surface area contributed by atoms with Crippen LogP contribution in [0.5, 0.6) is 5.75 Å². The van der Waals surface area contributed by atoms with Gasteiger partial charge in [0.1, 0.15) is 5.75 Å². The number of aromatic hydroxyl groups is 1. The standard InChI is InChI=1S/C23H32N4O/c1-4-25-13-15-27(16-14-25)21-11-8-20(9-12-21)24-18-19-7-10-22(17-23(19)28)26(5-2)6-3/h7-12,17-18,28H,4-6,13-16H2,1-3H3. The molecule has 150 valence electrons. The largest absolute Gasteiger partial charge is 0.507 e. The fourth-order valence-corrected chi connectivity index (χ4v) is 3.64. The van der Waals surface area contributed by atoms with Crippen molar-refractivity contribution in [2.45, 2.75) is 20.8 Å². The lowest BCUT2D eigenvalue weighted by Gasteiger charge is -2.35. The molecular formula is C23H32N4O. The fourth-order valence-electron chi connectivity index (χ4n) is 3.64. The van der Waals surface area contributed by atoms with Crippen LogP contribution in [0.4, 0.5) is 17.1 Å². The number of benzene rings is 2. The molecular weight excluding hydrogens is 348 g/mol. The molecule has 0 aliphatic carbocycles. The summed E-state index contributed by atoms with van der Waals surface area (Å²) in [4.78, 5) is 11.7. The van der Waals surface area contributed by atoms with E-state index in [4.69, 9.17) is 0 Å². The molecule has 0 saturated carbocycles. The number of rotatable bonds is 7. The highest BCUT2D eigenvalue weighted by Crippen LogP contribution is 2.25.